The molecule has 50 heavy (non-hydrogen) atoms. The van der Waals surface area contributed by atoms with E-state index in [9.17, 15) is 19.5 Å². The van der Waals surface area contributed by atoms with Gasteiger partial charge in [-0.15, -0.1) is 0 Å². The number of carboxylic acids is 1. The van der Waals surface area contributed by atoms with E-state index in [4.69, 9.17) is 0 Å². The van der Waals surface area contributed by atoms with Crippen LogP contribution in [0.3, 0.4) is 0 Å². The van der Waals surface area contributed by atoms with Crippen LogP contribution in [0.15, 0.2) is 85.2 Å². The number of hydrogen-bond acceptors (Lipinski definition) is 5. The number of aromatic nitrogens is 2. The van der Waals surface area contributed by atoms with Crippen molar-refractivity contribution in [1.29, 1.82) is 0 Å². The summed E-state index contributed by atoms with van der Waals surface area (Å²) in [4.78, 5) is 49.0. The molecule has 3 aromatic carbocycles. The van der Waals surface area contributed by atoms with Crippen LogP contribution in [-0.4, -0.2) is 56.9 Å². The molecule has 1 aromatic heterocycles. The summed E-state index contributed by atoms with van der Waals surface area (Å²) in [5.41, 5.74) is 7.11. The van der Waals surface area contributed by atoms with Crippen molar-refractivity contribution in [3.05, 3.63) is 107 Å². The summed E-state index contributed by atoms with van der Waals surface area (Å²) >= 11 is 0. The Labute approximate surface area is 294 Å². The van der Waals surface area contributed by atoms with Crippen LogP contribution in [0.25, 0.3) is 22.5 Å². The summed E-state index contributed by atoms with van der Waals surface area (Å²) < 4.78 is 0. The smallest absolute Gasteiger partial charge is 0.310 e. The van der Waals surface area contributed by atoms with Gasteiger partial charge in [0.1, 0.15) is 6.04 Å². The Hall–Kier alpha value is -4.85. The summed E-state index contributed by atoms with van der Waals surface area (Å²) in [5.74, 6) is 0.0541. The Bertz CT molecular complexity index is 1820. The van der Waals surface area contributed by atoms with Gasteiger partial charge in [-0.05, 0) is 90.2 Å². The molecule has 2 N–H and O–H groups in total. The minimum atomic E-state index is -0.914. The van der Waals surface area contributed by atoms with E-state index in [1.54, 1.807) is 0 Å². The zero-order valence-corrected chi connectivity index (χ0v) is 29.0. The molecule has 2 heterocycles. The van der Waals surface area contributed by atoms with Crippen molar-refractivity contribution in [2.24, 2.45) is 11.8 Å². The van der Waals surface area contributed by atoms with Crippen LogP contribution in [0.4, 0.5) is 0 Å². The van der Waals surface area contributed by atoms with Gasteiger partial charge in [-0.3, -0.25) is 14.4 Å². The molecule has 8 nitrogen and oxygen atoms in total. The first-order chi connectivity index (χ1) is 24.2. The second-order valence-corrected chi connectivity index (χ2v) is 14.9. The van der Waals surface area contributed by atoms with Gasteiger partial charge in [0.25, 0.3) is 5.91 Å². The molecule has 1 atom stereocenters. The molecule has 3 aliphatic rings. The minimum absolute atomic E-state index is 0.143. The van der Waals surface area contributed by atoms with Gasteiger partial charge in [0.15, 0.2) is 5.82 Å². The molecule has 0 bridgehead atoms. The second-order valence-electron chi connectivity index (χ2n) is 14.9. The number of nitrogens with one attached hydrogen (secondary N) is 1. The van der Waals surface area contributed by atoms with Crippen LogP contribution in [0.2, 0.25) is 0 Å². The number of carboxylic acid groups (broad SMARTS) is 1. The van der Waals surface area contributed by atoms with Gasteiger partial charge in [0.05, 0.1) is 5.92 Å². The summed E-state index contributed by atoms with van der Waals surface area (Å²) in [5, 5.41) is 12.3. The number of amides is 2. The monoisotopic (exact) mass is 670 g/mol. The maximum absolute atomic E-state index is 13.5. The molecular formula is C42H46N4O4. The van der Waals surface area contributed by atoms with Gasteiger partial charge in [0, 0.05) is 48.6 Å². The van der Waals surface area contributed by atoms with E-state index < -0.39 is 17.9 Å². The van der Waals surface area contributed by atoms with Gasteiger partial charge in [-0.1, -0.05) is 80.9 Å². The van der Waals surface area contributed by atoms with Crippen LogP contribution in [0, 0.1) is 11.8 Å². The highest BCUT2D eigenvalue weighted by Gasteiger charge is 2.40. The predicted octanol–water partition coefficient (Wildman–Crippen LogP) is 7.43. The van der Waals surface area contributed by atoms with Gasteiger partial charge in [-0.2, -0.15) is 0 Å². The number of carbonyl (C=O) groups excluding carboxylic acids is 2. The van der Waals surface area contributed by atoms with E-state index in [1.165, 1.54) is 48.1 Å². The number of hydrogen-bond donors (Lipinski definition) is 2. The molecule has 8 heteroatoms. The summed E-state index contributed by atoms with van der Waals surface area (Å²) in [6.45, 7) is 4.81. The maximum Gasteiger partial charge on any atom is 0.310 e. The normalized spacial score (nSPS) is 20.4. The van der Waals surface area contributed by atoms with E-state index in [0.717, 1.165) is 41.0 Å². The van der Waals surface area contributed by atoms with E-state index in [-0.39, 0.29) is 36.7 Å². The Morgan fingerprint density at radius 3 is 2.04 bits per heavy atom. The third kappa shape index (κ3) is 7.35. The zero-order chi connectivity index (χ0) is 34.8. The molecule has 2 aliphatic carbocycles. The van der Waals surface area contributed by atoms with Gasteiger partial charge in [-0.25, -0.2) is 9.97 Å². The SMILES string of the molecule is CCC1CCC(c2ccc(-c3cnc(-c4ccc(CC(NC(=O)c5ccc(C6(C)CC6)cc5)C(=O)N5CC(C(=O)O)C5)cc4)nc3)cc2)CC1. The fourth-order valence-electron chi connectivity index (χ4n) is 7.48. The molecular weight excluding hydrogens is 624 g/mol. The molecule has 7 rings (SSSR count). The number of benzene rings is 3. The van der Waals surface area contributed by atoms with E-state index in [2.05, 4.69) is 53.4 Å². The number of nitrogens with zero attached hydrogens (tertiary/aromatic N) is 3. The molecule has 3 fully saturated rings. The summed E-state index contributed by atoms with van der Waals surface area (Å²) in [7, 11) is 0. The molecule has 1 unspecified atom stereocenters. The highest BCUT2D eigenvalue weighted by Crippen LogP contribution is 2.47. The zero-order valence-electron chi connectivity index (χ0n) is 29.0. The second kappa shape index (κ2) is 14.2. The fraction of sp³-hybridized carbons (Fsp3) is 0.405. The molecule has 0 spiro atoms. The standard InChI is InChI=1S/C42H46N4O4/c1-3-27-4-8-29(9-5-27)30-12-14-31(15-13-30)34-23-43-38(44-24-34)32-10-6-28(7-11-32)22-37(40(48)46-25-35(26-46)41(49)50)45-39(47)33-16-18-36(19-17-33)42(2)20-21-42/h6-7,10-19,23-24,27,29,35,37H,3-5,8-9,20-22,25-26H2,1-2H3,(H,45,47)(H,49,50). The molecule has 2 amide bonds. The predicted molar refractivity (Wildman–Crippen MR) is 194 cm³/mol. The summed E-state index contributed by atoms with van der Waals surface area (Å²) in [6, 6.07) is 23.4. The minimum Gasteiger partial charge on any atom is -0.481 e. The number of likely N-dealkylation sites (tertiary alicyclic amines) is 1. The Morgan fingerprint density at radius 1 is 0.840 bits per heavy atom. The molecule has 0 radical (unpaired) electrons. The Balaban J connectivity index is 1.00. The lowest BCUT2D eigenvalue weighted by atomic mass is 9.78. The van der Waals surface area contributed by atoms with Crippen molar-refractivity contribution in [1.82, 2.24) is 20.2 Å². The molecule has 1 saturated heterocycles. The highest BCUT2D eigenvalue weighted by atomic mass is 16.4. The molecule has 2 saturated carbocycles. The molecule has 4 aromatic rings. The van der Waals surface area contributed by atoms with Crippen LogP contribution in [-0.2, 0) is 21.4 Å². The van der Waals surface area contributed by atoms with Gasteiger partial charge < -0.3 is 15.3 Å². The lowest BCUT2D eigenvalue weighted by molar-refractivity contribution is -0.153. The topological polar surface area (TPSA) is 112 Å². The average molecular weight is 671 g/mol. The first kappa shape index (κ1) is 33.6. The van der Waals surface area contributed by atoms with Crippen LogP contribution in [0.1, 0.15) is 91.8 Å². The Morgan fingerprint density at radius 2 is 1.46 bits per heavy atom. The maximum atomic E-state index is 13.5. The van der Waals surface area contributed by atoms with Gasteiger partial charge >= 0.3 is 5.97 Å². The fourth-order valence-corrected chi connectivity index (χ4v) is 7.48. The van der Waals surface area contributed by atoms with Crippen LogP contribution < -0.4 is 5.32 Å². The third-order valence-corrected chi connectivity index (χ3v) is 11.4. The first-order valence-corrected chi connectivity index (χ1v) is 18.1. The Kier molecular flexibility index (Phi) is 9.54. The van der Waals surface area contributed by atoms with E-state index in [0.29, 0.717) is 17.3 Å². The van der Waals surface area contributed by atoms with Crippen molar-refractivity contribution in [3.8, 4) is 22.5 Å². The first-order valence-electron chi connectivity index (χ1n) is 18.1. The van der Waals surface area contributed by atoms with Crippen LogP contribution in [0.5, 0.6) is 0 Å². The highest BCUT2D eigenvalue weighted by molar-refractivity contribution is 5.98. The number of carbonyl (C=O) groups is 3. The van der Waals surface area contributed by atoms with E-state index in [1.807, 2.05) is 60.9 Å². The number of aliphatic carboxylic acids is 1. The lowest BCUT2D eigenvalue weighted by Gasteiger charge is -2.39. The van der Waals surface area contributed by atoms with Crippen molar-refractivity contribution in [2.75, 3.05) is 13.1 Å². The molecule has 258 valence electrons. The van der Waals surface area contributed by atoms with Crippen molar-refractivity contribution >= 4 is 17.8 Å². The van der Waals surface area contributed by atoms with Crippen molar-refractivity contribution < 1.29 is 19.5 Å². The largest absolute Gasteiger partial charge is 0.481 e. The van der Waals surface area contributed by atoms with Crippen molar-refractivity contribution in [2.45, 2.75) is 82.6 Å². The van der Waals surface area contributed by atoms with E-state index >= 15 is 0 Å². The quantitative estimate of drug-likeness (QED) is 0.172. The summed E-state index contributed by atoms with van der Waals surface area (Å²) in [6.07, 6.45) is 12.8. The molecule has 1 aliphatic heterocycles. The number of rotatable bonds is 11. The lowest BCUT2D eigenvalue weighted by Crippen LogP contribution is -2.59. The van der Waals surface area contributed by atoms with Crippen LogP contribution >= 0.6 is 0 Å². The average Bonchev–Trinajstić information content (AvgIpc) is 3.89. The third-order valence-electron chi connectivity index (χ3n) is 11.4. The van der Waals surface area contributed by atoms with Gasteiger partial charge in [0.2, 0.25) is 5.91 Å². The van der Waals surface area contributed by atoms with Crippen molar-refractivity contribution in [3.63, 3.8) is 0 Å².